The number of hydrogen-bond donors (Lipinski definition) is 1. The summed E-state index contributed by atoms with van der Waals surface area (Å²) in [5.41, 5.74) is 0. The highest BCUT2D eigenvalue weighted by atomic mass is 16.5. The number of methoxy groups -OCH3 is 1. The number of carbonyl (C=O) groups is 1. The van der Waals surface area contributed by atoms with Crippen LogP contribution in [0, 0.1) is 0 Å². The number of benzene rings is 1. The second-order valence-corrected chi connectivity index (χ2v) is 4.32. The zero-order valence-electron chi connectivity index (χ0n) is 11.5. The number of carboxylic acids is 1. The highest BCUT2D eigenvalue weighted by Crippen LogP contribution is 2.16. The smallest absolute Gasteiger partial charge is 0.304 e. The molecule has 1 aromatic carbocycles. The topological polar surface area (TPSA) is 59.0 Å². The number of rotatable bonds is 9. The van der Waals surface area contributed by atoms with Crippen LogP contribution in [0.3, 0.4) is 0 Å². The van der Waals surface area contributed by atoms with E-state index in [1.54, 1.807) is 7.11 Å². The summed E-state index contributed by atoms with van der Waals surface area (Å²) in [5.74, 6) is 0.857. The van der Waals surface area contributed by atoms with Crippen molar-refractivity contribution in [3.8, 4) is 11.5 Å². The molecule has 0 heterocycles. The fraction of sp³-hybridized carbons (Fsp3) is 0.500. The lowest BCUT2D eigenvalue weighted by Gasteiger charge is -2.15. The molecule has 0 aliphatic heterocycles. The molecule has 0 saturated heterocycles. The largest absolute Gasteiger partial charge is 0.497 e. The molecule has 0 unspecified atom stereocenters. The van der Waals surface area contributed by atoms with Gasteiger partial charge in [-0.15, -0.1) is 0 Å². The second-order valence-electron chi connectivity index (χ2n) is 4.32. The molecule has 0 aromatic heterocycles. The molecule has 5 nitrogen and oxygen atoms in total. The van der Waals surface area contributed by atoms with Crippen LogP contribution in [0.4, 0.5) is 0 Å². The van der Waals surface area contributed by atoms with Gasteiger partial charge in [0.25, 0.3) is 0 Å². The predicted molar refractivity (Wildman–Crippen MR) is 72.9 cm³/mol. The lowest BCUT2D eigenvalue weighted by molar-refractivity contribution is -0.137. The molecule has 0 aliphatic rings. The van der Waals surface area contributed by atoms with E-state index >= 15 is 0 Å². The van der Waals surface area contributed by atoms with E-state index in [1.807, 2.05) is 36.2 Å². The molecule has 0 amide bonds. The molecule has 106 valence electrons. The quantitative estimate of drug-likeness (QED) is 0.692. The Balaban J connectivity index is 2.14. The van der Waals surface area contributed by atoms with E-state index in [4.69, 9.17) is 14.6 Å². The van der Waals surface area contributed by atoms with Gasteiger partial charge in [0.05, 0.1) is 20.1 Å². The Morgan fingerprint density at radius 1 is 1.21 bits per heavy atom. The molecule has 0 spiro atoms. The van der Waals surface area contributed by atoms with Crippen LogP contribution in [0.15, 0.2) is 24.3 Å². The molecule has 1 rings (SSSR count). The van der Waals surface area contributed by atoms with Crippen molar-refractivity contribution in [3.63, 3.8) is 0 Å². The third-order valence-corrected chi connectivity index (χ3v) is 2.72. The van der Waals surface area contributed by atoms with E-state index < -0.39 is 5.97 Å². The summed E-state index contributed by atoms with van der Waals surface area (Å²) in [5, 5.41) is 8.56. The first-order valence-corrected chi connectivity index (χ1v) is 6.29. The van der Waals surface area contributed by atoms with E-state index in [1.165, 1.54) is 0 Å². The zero-order chi connectivity index (χ0) is 14.1. The summed E-state index contributed by atoms with van der Waals surface area (Å²) in [4.78, 5) is 12.4. The number of carboxylic acid groups (broad SMARTS) is 1. The molecule has 0 bridgehead atoms. The molecule has 1 aromatic rings. The number of aliphatic carboxylic acids is 1. The van der Waals surface area contributed by atoms with Crippen molar-refractivity contribution in [1.82, 2.24) is 4.90 Å². The Morgan fingerprint density at radius 3 is 2.42 bits per heavy atom. The first-order valence-electron chi connectivity index (χ1n) is 6.29. The molecule has 0 aliphatic carbocycles. The summed E-state index contributed by atoms with van der Waals surface area (Å²) in [6.07, 6.45) is 1.04. The Labute approximate surface area is 113 Å². The molecular weight excluding hydrogens is 246 g/mol. The van der Waals surface area contributed by atoms with Gasteiger partial charge in [0.1, 0.15) is 11.5 Å². The van der Waals surface area contributed by atoms with Gasteiger partial charge in [-0.25, -0.2) is 0 Å². The molecule has 19 heavy (non-hydrogen) atoms. The van der Waals surface area contributed by atoms with Crippen LogP contribution in [0.5, 0.6) is 11.5 Å². The van der Waals surface area contributed by atoms with Gasteiger partial charge in [-0.2, -0.15) is 0 Å². The zero-order valence-corrected chi connectivity index (χ0v) is 11.5. The average molecular weight is 267 g/mol. The number of hydrogen-bond acceptors (Lipinski definition) is 4. The highest BCUT2D eigenvalue weighted by molar-refractivity contribution is 5.66. The van der Waals surface area contributed by atoms with Gasteiger partial charge < -0.3 is 19.5 Å². The van der Waals surface area contributed by atoms with Crippen molar-refractivity contribution >= 4 is 5.97 Å². The standard InChI is InChI=1S/C14H21NO4/c1-15(10-8-14(16)17)9-3-11-19-13-6-4-12(18-2)5-7-13/h4-7H,3,8-11H2,1-2H3,(H,16,17). The van der Waals surface area contributed by atoms with Crippen LogP contribution in [0.1, 0.15) is 12.8 Å². The maximum absolute atomic E-state index is 10.4. The van der Waals surface area contributed by atoms with Crippen LogP contribution >= 0.6 is 0 Å². The van der Waals surface area contributed by atoms with Crippen molar-refractivity contribution in [2.45, 2.75) is 12.8 Å². The highest BCUT2D eigenvalue weighted by Gasteiger charge is 2.02. The van der Waals surface area contributed by atoms with Gasteiger partial charge in [-0.05, 0) is 37.7 Å². The van der Waals surface area contributed by atoms with E-state index in [9.17, 15) is 4.79 Å². The fourth-order valence-corrected chi connectivity index (χ4v) is 1.59. The van der Waals surface area contributed by atoms with Crippen LogP contribution in [0.25, 0.3) is 0 Å². The van der Waals surface area contributed by atoms with Crippen molar-refractivity contribution < 1.29 is 19.4 Å². The van der Waals surface area contributed by atoms with Crippen LogP contribution in [-0.4, -0.2) is 49.8 Å². The van der Waals surface area contributed by atoms with Crippen molar-refractivity contribution in [2.24, 2.45) is 0 Å². The Hall–Kier alpha value is -1.75. The van der Waals surface area contributed by atoms with Crippen molar-refractivity contribution in [2.75, 3.05) is 33.9 Å². The minimum absolute atomic E-state index is 0.176. The SMILES string of the molecule is COc1ccc(OCCCN(C)CCC(=O)O)cc1. The Bertz CT molecular complexity index is 378. The first-order chi connectivity index (χ1) is 9.11. The summed E-state index contributed by atoms with van der Waals surface area (Å²) in [6.45, 7) is 2.01. The van der Waals surface area contributed by atoms with E-state index in [2.05, 4.69) is 0 Å². The molecule has 0 atom stereocenters. The van der Waals surface area contributed by atoms with Gasteiger partial charge in [0, 0.05) is 13.1 Å². The summed E-state index contributed by atoms with van der Waals surface area (Å²) in [6, 6.07) is 7.45. The summed E-state index contributed by atoms with van der Waals surface area (Å²) >= 11 is 0. The van der Waals surface area contributed by atoms with E-state index in [0.29, 0.717) is 13.2 Å². The minimum Gasteiger partial charge on any atom is -0.497 e. The first kappa shape index (κ1) is 15.3. The monoisotopic (exact) mass is 267 g/mol. The average Bonchev–Trinajstić information content (AvgIpc) is 2.42. The summed E-state index contributed by atoms with van der Waals surface area (Å²) < 4.78 is 10.6. The van der Waals surface area contributed by atoms with Gasteiger partial charge in [-0.1, -0.05) is 0 Å². The van der Waals surface area contributed by atoms with Crippen LogP contribution in [0.2, 0.25) is 0 Å². The lowest BCUT2D eigenvalue weighted by Crippen LogP contribution is -2.24. The van der Waals surface area contributed by atoms with Gasteiger partial charge >= 0.3 is 5.97 Å². The summed E-state index contributed by atoms with van der Waals surface area (Å²) in [7, 11) is 3.54. The molecule has 5 heteroatoms. The maximum atomic E-state index is 10.4. The second kappa shape index (κ2) is 8.37. The van der Waals surface area contributed by atoms with E-state index in [0.717, 1.165) is 24.5 Å². The maximum Gasteiger partial charge on any atom is 0.304 e. The molecule has 0 fully saturated rings. The minimum atomic E-state index is -0.763. The third-order valence-electron chi connectivity index (χ3n) is 2.72. The normalized spacial score (nSPS) is 10.5. The fourth-order valence-electron chi connectivity index (χ4n) is 1.59. The van der Waals surface area contributed by atoms with Crippen molar-refractivity contribution in [3.05, 3.63) is 24.3 Å². The van der Waals surface area contributed by atoms with E-state index in [-0.39, 0.29) is 6.42 Å². The predicted octanol–water partition coefficient (Wildman–Crippen LogP) is 1.87. The Morgan fingerprint density at radius 2 is 1.84 bits per heavy atom. The van der Waals surface area contributed by atoms with Crippen LogP contribution in [-0.2, 0) is 4.79 Å². The molecule has 0 radical (unpaired) electrons. The van der Waals surface area contributed by atoms with Crippen LogP contribution < -0.4 is 9.47 Å². The number of nitrogens with zero attached hydrogens (tertiary/aromatic N) is 1. The molecular formula is C14H21NO4. The lowest BCUT2D eigenvalue weighted by atomic mass is 10.3. The number of ether oxygens (including phenoxy) is 2. The molecule has 0 saturated carbocycles. The van der Waals surface area contributed by atoms with Gasteiger partial charge in [-0.3, -0.25) is 4.79 Å². The Kier molecular flexibility index (Phi) is 6.74. The van der Waals surface area contributed by atoms with Gasteiger partial charge in [0.2, 0.25) is 0 Å². The van der Waals surface area contributed by atoms with Crippen molar-refractivity contribution in [1.29, 1.82) is 0 Å². The molecule has 1 N–H and O–H groups in total. The third kappa shape index (κ3) is 6.67. The van der Waals surface area contributed by atoms with Gasteiger partial charge in [0.15, 0.2) is 0 Å².